The predicted molar refractivity (Wildman–Crippen MR) is 114 cm³/mol. The first kappa shape index (κ1) is 21.8. The van der Waals surface area contributed by atoms with Crippen molar-refractivity contribution in [2.75, 3.05) is 38.2 Å². The molecule has 2 aliphatic rings. The van der Waals surface area contributed by atoms with Crippen LogP contribution in [-0.4, -0.2) is 58.2 Å². The zero-order valence-corrected chi connectivity index (χ0v) is 17.9. The molecule has 0 radical (unpaired) electrons. The number of fused-ring (bicyclic) bond motifs is 2. The standard InChI is InChI=1S/C20H31N5O3S/c1-14-3-4-16-17(11-14)20(28-18(16)19(22)26)5-7-24(8-6-20)12-15(21)13-25(23)9-10-29(2)27/h3-4,11,13,18H,5-10,12,21,23H2,1-2H3,(H2,22,26)/b15-13-. The zero-order valence-electron chi connectivity index (χ0n) is 17.1. The van der Waals surface area contributed by atoms with Crippen molar-refractivity contribution in [1.29, 1.82) is 0 Å². The second-order valence-electron chi connectivity index (χ2n) is 7.98. The maximum atomic E-state index is 11.9. The molecule has 2 atom stereocenters. The molecule has 0 aliphatic carbocycles. The number of primary amides is 1. The van der Waals surface area contributed by atoms with Crippen LogP contribution in [-0.2, 0) is 25.9 Å². The lowest BCUT2D eigenvalue weighted by atomic mass is 9.82. The van der Waals surface area contributed by atoms with Gasteiger partial charge in [-0.3, -0.25) is 13.9 Å². The summed E-state index contributed by atoms with van der Waals surface area (Å²) in [6.45, 7) is 4.71. The zero-order chi connectivity index (χ0) is 21.2. The summed E-state index contributed by atoms with van der Waals surface area (Å²) in [6, 6.07) is 6.07. The molecule has 1 amide bonds. The second kappa shape index (κ2) is 8.83. The molecule has 6 N–H and O–H groups in total. The lowest BCUT2D eigenvalue weighted by Gasteiger charge is -2.39. The molecule has 1 aromatic carbocycles. The molecule has 1 saturated heterocycles. The number of ether oxygens (including phenoxy) is 1. The van der Waals surface area contributed by atoms with Crippen LogP contribution in [0.15, 0.2) is 30.1 Å². The summed E-state index contributed by atoms with van der Waals surface area (Å²) in [5.41, 5.74) is 15.0. The smallest absolute Gasteiger partial charge is 0.251 e. The fourth-order valence-electron chi connectivity index (χ4n) is 4.13. The number of hydrogen-bond acceptors (Lipinski definition) is 7. The van der Waals surface area contributed by atoms with Crippen molar-refractivity contribution < 1.29 is 13.7 Å². The van der Waals surface area contributed by atoms with Gasteiger partial charge in [-0.1, -0.05) is 23.8 Å². The van der Waals surface area contributed by atoms with Crippen molar-refractivity contribution >= 4 is 16.7 Å². The van der Waals surface area contributed by atoms with E-state index in [-0.39, 0.29) is 0 Å². The Morgan fingerprint density at radius 2 is 2.07 bits per heavy atom. The largest absolute Gasteiger partial charge is 0.400 e. The van der Waals surface area contributed by atoms with Gasteiger partial charge < -0.3 is 21.2 Å². The van der Waals surface area contributed by atoms with Gasteiger partial charge in [-0.05, 0) is 30.9 Å². The van der Waals surface area contributed by atoms with Crippen LogP contribution in [0.4, 0.5) is 0 Å². The maximum Gasteiger partial charge on any atom is 0.251 e. The molecule has 1 fully saturated rings. The lowest BCUT2D eigenvalue weighted by Crippen LogP contribution is -2.44. The van der Waals surface area contributed by atoms with E-state index in [1.165, 1.54) is 5.01 Å². The Morgan fingerprint density at radius 3 is 2.69 bits per heavy atom. The molecule has 2 unspecified atom stereocenters. The third-order valence-corrected chi connectivity index (χ3v) is 6.38. The molecule has 9 heteroatoms. The molecule has 2 aliphatic heterocycles. The third-order valence-electron chi connectivity index (χ3n) is 5.62. The molecule has 0 saturated carbocycles. The van der Waals surface area contributed by atoms with Gasteiger partial charge >= 0.3 is 0 Å². The second-order valence-corrected chi connectivity index (χ2v) is 9.54. The van der Waals surface area contributed by atoms with Gasteiger partial charge in [0.05, 0.1) is 5.60 Å². The van der Waals surface area contributed by atoms with Crippen molar-refractivity contribution in [3.8, 4) is 0 Å². The van der Waals surface area contributed by atoms with E-state index in [9.17, 15) is 9.00 Å². The van der Waals surface area contributed by atoms with Crippen LogP contribution in [0, 0.1) is 6.92 Å². The molecule has 0 bridgehead atoms. The van der Waals surface area contributed by atoms with Crippen molar-refractivity contribution in [2.45, 2.75) is 31.5 Å². The normalized spacial score (nSPS) is 22.4. The summed E-state index contributed by atoms with van der Waals surface area (Å²) < 4.78 is 17.4. The number of carbonyl (C=O) groups excluding carboxylic acids is 1. The minimum atomic E-state index is -0.888. The Bertz CT molecular complexity index is 820. The number of benzene rings is 1. The third kappa shape index (κ3) is 4.98. The van der Waals surface area contributed by atoms with E-state index in [0.717, 1.165) is 42.6 Å². The Labute approximate surface area is 174 Å². The summed E-state index contributed by atoms with van der Waals surface area (Å²) in [6.07, 6.45) is 4.20. The van der Waals surface area contributed by atoms with Gasteiger partial charge in [-0.25, -0.2) is 5.84 Å². The summed E-state index contributed by atoms with van der Waals surface area (Å²) in [4.78, 5) is 14.2. The Balaban J connectivity index is 1.64. The van der Waals surface area contributed by atoms with Crippen LogP contribution in [0.5, 0.6) is 0 Å². The summed E-state index contributed by atoms with van der Waals surface area (Å²) in [5, 5.41) is 1.48. The van der Waals surface area contributed by atoms with Gasteiger partial charge in [0.1, 0.15) is 0 Å². The van der Waals surface area contributed by atoms with Gasteiger partial charge in [-0.15, -0.1) is 0 Å². The number of amides is 1. The number of rotatable bonds is 7. The minimum absolute atomic E-state index is 0.447. The number of aryl methyl sites for hydroxylation is 1. The number of nitrogens with two attached hydrogens (primary N) is 3. The Kier molecular flexibility index (Phi) is 6.62. The van der Waals surface area contributed by atoms with E-state index in [1.54, 1.807) is 12.5 Å². The van der Waals surface area contributed by atoms with Crippen molar-refractivity contribution in [2.24, 2.45) is 17.3 Å². The molecule has 2 heterocycles. The highest BCUT2D eigenvalue weighted by Gasteiger charge is 2.48. The fourth-order valence-corrected chi connectivity index (χ4v) is 4.60. The van der Waals surface area contributed by atoms with E-state index in [2.05, 4.69) is 11.0 Å². The van der Waals surface area contributed by atoms with Gasteiger partial charge in [-0.2, -0.15) is 0 Å². The molecule has 1 spiro atoms. The number of piperidine rings is 1. The number of hydrogen-bond donors (Lipinski definition) is 3. The number of hydrazine groups is 1. The first-order valence-electron chi connectivity index (χ1n) is 9.78. The molecule has 8 nitrogen and oxygen atoms in total. The molecule has 3 rings (SSSR count). The van der Waals surface area contributed by atoms with Crippen LogP contribution in [0.1, 0.15) is 35.6 Å². The highest BCUT2D eigenvalue weighted by Crippen LogP contribution is 2.49. The van der Waals surface area contributed by atoms with E-state index in [0.29, 0.717) is 24.5 Å². The van der Waals surface area contributed by atoms with E-state index < -0.39 is 28.4 Å². The average molecular weight is 422 g/mol. The van der Waals surface area contributed by atoms with Gasteiger partial charge in [0.2, 0.25) is 0 Å². The van der Waals surface area contributed by atoms with Crippen molar-refractivity contribution in [1.82, 2.24) is 9.91 Å². The van der Waals surface area contributed by atoms with Crippen LogP contribution in [0.2, 0.25) is 0 Å². The predicted octanol–water partition coefficient (Wildman–Crippen LogP) is 0.197. The fraction of sp³-hybridized carbons (Fsp3) is 0.550. The molecular weight excluding hydrogens is 390 g/mol. The first-order valence-corrected chi connectivity index (χ1v) is 11.5. The SMILES string of the molecule is Cc1ccc2c(c1)C1(CCN(C/C(N)=C/N(N)CCS(C)=O)CC1)OC2C(N)=O. The van der Waals surface area contributed by atoms with Gasteiger partial charge in [0.15, 0.2) is 6.10 Å². The first-order chi connectivity index (χ1) is 13.7. The van der Waals surface area contributed by atoms with E-state index in [1.807, 2.05) is 19.1 Å². The van der Waals surface area contributed by atoms with Gasteiger partial charge in [0, 0.05) is 60.9 Å². The molecule has 160 valence electrons. The highest BCUT2D eigenvalue weighted by atomic mass is 32.2. The molecule has 29 heavy (non-hydrogen) atoms. The van der Waals surface area contributed by atoms with Crippen molar-refractivity contribution in [3.63, 3.8) is 0 Å². The van der Waals surface area contributed by atoms with Crippen LogP contribution in [0.3, 0.4) is 0 Å². The Hall–Kier alpha value is -1.94. The Morgan fingerprint density at radius 1 is 1.38 bits per heavy atom. The van der Waals surface area contributed by atoms with Crippen LogP contribution >= 0.6 is 0 Å². The summed E-state index contributed by atoms with van der Waals surface area (Å²) in [7, 11) is -0.888. The van der Waals surface area contributed by atoms with Crippen LogP contribution < -0.4 is 17.3 Å². The molecule has 1 aromatic rings. The highest BCUT2D eigenvalue weighted by molar-refractivity contribution is 7.84. The van der Waals surface area contributed by atoms with E-state index in [4.69, 9.17) is 22.0 Å². The number of likely N-dealkylation sites (tertiary alicyclic amines) is 1. The quantitative estimate of drug-likeness (QED) is 0.424. The average Bonchev–Trinajstić information content (AvgIpc) is 2.96. The number of nitrogens with zero attached hydrogens (tertiary/aromatic N) is 2. The molecule has 0 aromatic heterocycles. The topological polar surface area (TPSA) is 128 Å². The monoisotopic (exact) mass is 421 g/mol. The lowest BCUT2D eigenvalue weighted by molar-refractivity contribution is -0.147. The maximum absolute atomic E-state index is 11.9. The van der Waals surface area contributed by atoms with Crippen molar-refractivity contribution in [3.05, 3.63) is 46.8 Å². The summed E-state index contributed by atoms with van der Waals surface area (Å²) in [5.74, 6) is 5.95. The minimum Gasteiger partial charge on any atom is -0.400 e. The van der Waals surface area contributed by atoms with Crippen LogP contribution in [0.25, 0.3) is 0 Å². The van der Waals surface area contributed by atoms with E-state index >= 15 is 0 Å². The summed E-state index contributed by atoms with van der Waals surface area (Å²) >= 11 is 0. The van der Waals surface area contributed by atoms with Gasteiger partial charge in [0.25, 0.3) is 5.91 Å². The molecular formula is C20H31N5O3S. The number of carbonyl (C=O) groups is 1.